The topological polar surface area (TPSA) is 45.8 Å². The maximum atomic E-state index is 12.9. The number of hydrogen-bond donors (Lipinski definition) is 1. The lowest BCUT2D eigenvalue weighted by molar-refractivity contribution is -0.122. The van der Waals surface area contributed by atoms with Crippen LogP contribution in [0.25, 0.3) is 22.4 Å². The van der Waals surface area contributed by atoms with Gasteiger partial charge in [0, 0.05) is 17.9 Å². The molecule has 1 unspecified atom stereocenters. The van der Waals surface area contributed by atoms with Crippen molar-refractivity contribution in [3.05, 3.63) is 89.5 Å². The Morgan fingerprint density at radius 2 is 1.75 bits per heavy atom. The molecule has 138 valence electrons. The summed E-state index contributed by atoms with van der Waals surface area (Å²) in [7, 11) is 0. The minimum Gasteiger partial charge on any atom is -0.338 e. The standard InChI is InChI=1S/C25H22N2O/c28-24(21-12-11-18-6-4-5-9-20(18)16-21)15-17-10-13-22-23(14-17)27-25(26-22)19-7-2-1-3-8-19/h1-10,13-14,21H,11-12,15-16H2,(H,26,27). The van der Waals surface area contributed by atoms with Crippen LogP contribution >= 0.6 is 0 Å². The predicted octanol–water partition coefficient (Wildman–Crippen LogP) is 5.15. The first-order chi connectivity index (χ1) is 13.8. The van der Waals surface area contributed by atoms with Gasteiger partial charge in [-0.25, -0.2) is 4.98 Å². The van der Waals surface area contributed by atoms with Gasteiger partial charge in [0.1, 0.15) is 11.6 Å². The molecule has 3 heteroatoms. The lowest BCUT2D eigenvalue weighted by Gasteiger charge is -2.23. The number of hydrogen-bond acceptors (Lipinski definition) is 2. The lowest BCUT2D eigenvalue weighted by atomic mass is 9.80. The van der Waals surface area contributed by atoms with Gasteiger partial charge in [0.05, 0.1) is 11.0 Å². The van der Waals surface area contributed by atoms with Gasteiger partial charge in [0.25, 0.3) is 0 Å². The van der Waals surface area contributed by atoms with Crippen molar-refractivity contribution in [2.75, 3.05) is 0 Å². The summed E-state index contributed by atoms with van der Waals surface area (Å²) in [5.41, 5.74) is 6.78. The van der Waals surface area contributed by atoms with Crippen LogP contribution in [0, 0.1) is 5.92 Å². The van der Waals surface area contributed by atoms with Crippen LogP contribution in [0.4, 0.5) is 0 Å². The van der Waals surface area contributed by atoms with E-state index in [9.17, 15) is 4.79 Å². The average molecular weight is 366 g/mol. The summed E-state index contributed by atoms with van der Waals surface area (Å²) < 4.78 is 0. The molecule has 3 nitrogen and oxygen atoms in total. The number of carbonyl (C=O) groups excluding carboxylic acids is 1. The number of aromatic nitrogens is 2. The smallest absolute Gasteiger partial charge is 0.140 e. The highest BCUT2D eigenvalue weighted by Gasteiger charge is 2.24. The number of nitrogens with zero attached hydrogens (tertiary/aromatic N) is 1. The fraction of sp³-hybridized carbons (Fsp3) is 0.200. The molecule has 0 radical (unpaired) electrons. The first kappa shape index (κ1) is 16.9. The van der Waals surface area contributed by atoms with E-state index in [1.54, 1.807) is 0 Å². The quantitative estimate of drug-likeness (QED) is 0.543. The van der Waals surface area contributed by atoms with E-state index in [0.29, 0.717) is 12.2 Å². The monoisotopic (exact) mass is 366 g/mol. The number of benzene rings is 3. The molecule has 4 aromatic rings. The van der Waals surface area contributed by atoms with Gasteiger partial charge in [-0.3, -0.25) is 4.79 Å². The summed E-state index contributed by atoms with van der Waals surface area (Å²) in [6, 6.07) is 24.7. The normalized spacial score (nSPS) is 16.1. The Labute approximate surface area is 164 Å². The number of aromatic amines is 1. The Kier molecular flexibility index (Phi) is 4.28. The third-order valence-electron chi connectivity index (χ3n) is 5.77. The minimum absolute atomic E-state index is 0.132. The second-order valence-corrected chi connectivity index (χ2v) is 7.65. The van der Waals surface area contributed by atoms with Crippen LogP contribution in [0.15, 0.2) is 72.8 Å². The third kappa shape index (κ3) is 3.24. The fourth-order valence-corrected chi connectivity index (χ4v) is 4.22. The first-order valence-electron chi connectivity index (χ1n) is 9.90. The second kappa shape index (κ2) is 7.08. The molecule has 3 aromatic carbocycles. The molecular weight excluding hydrogens is 344 g/mol. The van der Waals surface area contributed by atoms with E-state index in [4.69, 9.17) is 0 Å². The van der Waals surface area contributed by atoms with Gasteiger partial charge < -0.3 is 4.98 Å². The zero-order chi connectivity index (χ0) is 18.9. The van der Waals surface area contributed by atoms with Crippen LogP contribution in [-0.2, 0) is 24.1 Å². The third-order valence-corrected chi connectivity index (χ3v) is 5.77. The molecule has 0 bridgehead atoms. The highest BCUT2D eigenvalue weighted by Crippen LogP contribution is 2.27. The number of Topliss-reactive ketones (excluding diaryl/α,β-unsaturated/α-hetero) is 1. The number of carbonyl (C=O) groups is 1. The summed E-state index contributed by atoms with van der Waals surface area (Å²) in [6.07, 6.45) is 3.33. The van der Waals surface area contributed by atoms with Gasteiger partial charge in [0.15, 0.2) is 0 Å². The van der Waals surface area contributed by atoms with Crippen LogP contribution in [0.3, 0.4) is 0 Å². The molecule has 0 amide bonds. The number of aryl methyl sites for hydroxylation is 1. The Bertz CT molecular complexity index is 1140. The lowest BCUT2D eigenvalue weighted by Crippen LogP contribution is -2.24. The molecule has 0 aliphatic heterocycles. The van der Waals surface area contributed by atoms with Crippen molar-refractivity contribution in [2.24, 2.45) is 5.92 Å². The van der Waals surface area contributed by atoms with Crippen molar-refractivity contribution in [3.63, 3.8) is 0 Å². The largest absolute Gasteiger partial charge is 0.338 e. The molecule has 1 heterocycles. The van der Waals surface area contributed by atoms with Gasteiger partial charge in [-0.1, -0.05) is 60.7 Å². The van der Waals surface area contributed by atoms with Crippen molar-refractivity contribution >= 4 is 16.8 Å². The van der Waals surface area contributed by atoms with Crippen molar-refractivity contribution in [1.82, 2.24) is 9.97 Å². The fourth-order valence-electron chi connectivity index (χ4n) is 4.22. The average Bonchev–Trinajstić information content (AvgIpc) is 3.17. The zero-order valence-corrected chi connectivity index (χ0v) is 15.7. The Morgan fingerprint density at radius 1 is 0.964 bits per heavy atom. The molecule has 1 aromatic heterocycles. The summed E-state index contributed by atoms with van der Waals surface area (Å²) in [4.78, 5) is 21.0. The van der Waals surface area contributed by atoms with Crippen molar-refractivity contribution in [1.29, 1.82) is 0 Å². The van der Waals surface area contributed by atoms with Gasteiger partial charge in [-0.05, 0) is 48.1 Å². The van der Waals surface area contributed by atoms with E-state index in [0.717, 1.165) is 47.2 Å². The zero-order valence-electron chi connectivity index (χ0n) is 15.7. The van der Waals surface area contributed by atoms with Gasteiger partial charge >= 0.3 is 0 Å². The summed E-state index contributed by atoms with van der Waals surface area (Å²) >= 11 is 0. The van der Waals surface area contributed by atoms with E-state index in [2.05, 4.69) is 40.3 Å². The SMILES string of the molecule is O=C(Cc1ccc2nc(-c3ccccc3)[nH]c2c1)C1CCc2ccccc2C1. The van der Waals surface area contributed by atoms with Gasteiger partial charge in [-0.15, -0.1) is 0 Å². The molecule has 0 saturated carbocycles. The van der Waals surface area contributed by atoms with E-state index in [-0.39, 0.29) is 5.92 Å². The summed E-state index contributed by atoms with van der Waals surface area (Å²) in [5, 5.41) is 0. The molecule has 0 saturated heterocycles. The molecule has 1 aliphatic rings. The Hall–Kier alpha value is -3.20. The molecule has 1 atom stereocenters. The highest BCUT2D eigenvalue weighted by molar-refractivity contribution is 5.86. The molecule has 28 heavy (non-hydrogen) atoms. The first-order valence-corrected chi connectivity index (χ1v) is 9.90. The van der Waals surface area contributed by atoms with Crippen LogP contribution in [0.2, 0.25) is 0 Å². The number of imidazole rings is 1. The van der Waals surface area contributed by atoms with Crippen molar-refractivity contribution in [3.8, 4) is 11.4 Å². The van der Waals surface area contributed by atoms with Crippen LogP contribution < -0.4 is 0 Å². The van der Waals surface area contributed by atoms with Crippen LogP contribution in [0.1, 0.15) is 23.1 Å². The van der Waals surface area contributed by atoms with Crippen LogP contribution in [0.5, 0.6) is 0 Å². The maximum Gasteiger partial charge on any atom is 0.140 e. The molecular formula is C25H22N2O. The van der Waals surface area contributed by atoms with E-state index < -0.39 is 0 Å². The van der Waals surface area contributed by atoms with Gasteiger partial charge in [0.2, 0.25) is 0 Å². The molecule has 1 aliphatic carbocycles. The van der Waals surface area contributed by atoms with E-state index >= 15 is 0 Å². The number of rotatable bonds is 4. The minimum atomic E-state index is 0.132. The Morgan fingerprint density at radius 3 is 2.61 bits per heavy atom. The predicted molar refractivity (Wildman–Crippen MR) is 112 cm³/mol. The number of nitrogens with one attached hydrogen (secondary N) is 1. The number of H-pyrrole nitrogens is 1. The number of fused-ring (bicyclic) bond motifs is 2. The molecule has 5 rings (SSSR count). The number of ketones is 1. The second-order valence-electron chi connectivity index (χ2n) is 7.65. The Balaban J connectivity index is 1.35. The summed E-state index contributed by atoms with van der Waals surface area (Å²) in [5.74, 6) is 1.34. The highest BCUT2D eigenvalue weighted by atomic mass is 16.1. The summed E-state index contributed by atoms with van der Waals surface area (Å²) in [6.45, 7) is 0. The molecule has 0 fully saturated rings. The van der Waals surface area contributed by atoms with Crippen molar-refractivity contribution in [2.45, 2.75) is 25.7 Å². The van der Waals surface area contributed by atoms with Crippen molar-refractivity contribution < 1.29 is 4.79 Å². The maximum absolute atomic E-state index is 12.9. The van der Waals surface area contributed by atoms with Gasteiger partial charge in [-0.2, -0.15) is 0 Å². The van der Waals surface area contributed by atoms with E-state index in [1.807, 2.05) is 42.5 Å². The van der Waals surface area contributed by atoms with E-state index in [1.165, 1.54) is 11.1 Å². The molecule has 1 N–H and O–H groups in total. The molecule has 0 spiro atoms. The van der Waals surface area contributed by atoms with Crippen LogP contribution in [-0.4, -0.2) is 15.8 Å².